The summed E-state index contributed by atoms with van der Waals surface area (Å²) in [5, 5.41) is 23.0. The Morgan fingerprint density at radius 2 is 0.660 bits per heavy atom. The van der Waals surface area contributed by atoms with Crippen LogP contribution in [0.5, 0.6) is 23.0 Å². The molecule has 302 valence electrons. The van der Waals surface area contributed by atoms with Crippen molar-refractivity contribution in [3.05, 3.63) is 47.5 Å². The maximum Gasteiger partial charge on any atom is 2.00 e. The van der Waals surface area contributed by atoms with Crippen LogP contribution in [0.3, 0.4) is 0 Å². The van der Waals surface area contributed by atoms with Crippen LogP contribution in [0.25, 0.3) is 0 Å². The van der Waals surface area contributed by atoms with E-state index in [-0.39, 0.29) is 39.4 Å². The fourth-order valence-corrected chi connectivity index (χ4v) is 4.76. The van der Waals surface area contributed by atoms with E-state index in [4.69, 9.17) is 28.4 Å². The third kappa shape index (κ3) is 21.2. The van der Waals surface area contributed by atoms with Gasteiger partial charge in [-0.2, -0.15) is 0 Å². The molecule has 0 bridgehead atoms. The van der Waals surface area contributed by atoms with E-state index in [2.05, 4.69) is 51.3 Å². The zero-order valence-corrected chi connectivity index (χ0v) is 36.6. The van der Waals surface area contributed by atoms with Gasteiger partial charge < -0.3 is 48.7 Å². The first kappa shape index (κ1) is 51.3. The maximum absolute atomic E-state index is 11.5. The normalized spacial score (nSPS) is 13.2. The summed E-state index contributed by atoms with van der Waals surface area (Å²) in [6.45, 7) is 20.3. The van der Waals surface area contributed by atoms with E-state index in [1.807, 2.05) is 36.4 Å². The standard InChI is InChI=1S/2C21H36O5.Zr/c2*1-5-8-11-23-17-21(4,26-22)18-14-19(24-12-9-6-2)16-20(15-18)25-13-10-7-3;/h2*14-16,22H,5-13,17H2,1-4H3;/q;;+2/p-2. The minimum atomic E-state index is -1.08. The van der Waals surface area contributed by atoms with Gasteiger partial charge in [-0.1, -0.05) is 80.1 Å². The van der Waals surface area contributed by atoms with E-state index in [1.54, 1.807) is 13.8 Å². The van der Waals surface area contributed by atoms with Crippen molar-refractivity contribution < 1.29 is 74.9 Å². The van der Waals surface area contributed by atoms with Crippen molar-refractivity contribution in [2.45, 2.75) is 144 Å². The van der Waals surface area contributed by atoms with Gasteiger partial charge in [-0.3, -0.25) is 0 Å². The van der Waals surface area contributed by atoms with Crippen molar-refractivity contribution in [2.75, 3.05) is 52.9 Å². The summed E-state index contributed by atoms with van der Waals surface area (Å²) in [6.07, 6.45) is 12.2. The molecule has 0 heterocycles. The Morgan fingerprint density at radius 1 is 0.415 bits per heavy atom. The van der Waals surface area contributed by atoms with E-state index < -0.39 is 11.2 Å². The van der Waals surface area contributed by atoms with Gasteiger partial charge in [-0.25, -0.2) is 0 Å². The fraction of sp³-hybridized carbons (Fsp3) is 0.714. The zero-order chi connectivity index (χ0) is 38.5. The van der Waals surface area contributed by atoms with Crippen molar-refractivity contribution in [3.63, 3.8) is 0 Å². The molecule has 2 aromatic rings. The van der Waals surface area contributed by atoms with Crippen molar-refractivity contribution in [1.82, 2.24) is 0 Å². The summed E-state index contributed by atoms with van der Waals surface area (Å²) in [4.78, 5) is 9.16. The predicted octanol–water partition coefficient (Wildman–Crippen LogP) is 8.73. The Labute approximate surface area is 340 Å². The molecule has 0 fully saturated rings. The Morgan fingerprint density at radius 3 is 0.887 bits per heavy atom. The quantitative estimate of drug-likeness (QED) is 0.0430. The zero-order valence-electron chi connectivity index (χ0n) is 34.2. The molecule has 0 N–H and O–H groups in total. The molecule has 2 unspecified atom stereocenters. The molecule has 0 saturated heterocycles. The van der Waals surface area contributed by atoms with Crippen molar-refractivity contribution >= 4 is 0 Å². The van der Waals surface area contributed by atoms with E-state index >= 15 is 0 Å². The van der Waals surface area contributed by atoms with E-state index in [1.165, 1.54) is 0 Å². The summed E-state index contributed by atoms with van der Waals surface area (Å²) in [5.41, 5.74) is -0.740. The fourth-order valence-electron chi connectivity index (χ4n) is 4.76. The molecule has 0 aliphatic heterocycles. The largest absolute Gasteiger partial charge is 2.00 e. The average molecular weight is 826 g/mol. The number of hydrogen-bond acceptors (Lipinski definition) is 10. The van der Waals surface area contributed by atoms with Gasteiger partial charge >= 0.3 is 26.2 Å². The van der Waals surface area contributed by atoms with Crippen LogP contribution in [-0.4, -0.2) is 52.9 Å². The van der Waals surface area contributed by atoms with Crippen molar-refractivity contribution in [3.8, 4) is 23.0 Å². The second-order valence-electron chi connectivity index (χ2n) is 13.6. The van der Waals surface area contributed by atoms with E-state index in [9.17, 15) is 10.5 Å². The Kier molecular flexibility index (Phi) is 30.5. The third-order valence-electron chi connectivity index (χ3n) is 8.46. The van der Waals surface area contributed by atoms with Crippen LogP contribution in [0.15, 0.2) is 36.4 Å². The molecule has 2 rings (SSSR count). The molecule has 2 atom stereocenters. The van der Waals surface area contributed by atoms with Gasteiger partial charge in [-0.15, -0.1) is 0 Å². The summed E-state index contributed by atoms with van der Waals surface area (Å²) in [5.74, 6) is 2.78. The molecule has 0 radical (unpaired) electrons. The van der Waals surface area contributed by atoms with Crippen LogP contribution in [-0.2, 0) is 56.7 Å². The van der Waals surface area contributed by atoms with Crippen molar-refractivity contribution in [2.24, 2.45) is 0 Å². The summed E-state index contributed by atoms with van der Waals surface area (Å²) in [7, 11) is 0. The van der Waals surface area contributed by atoms with E-state index in [0.717, 1.165) is 77.0 Å². The first-order valence-electron chi connectivity index (χ1n) is 19.8. The summed E-state index contributed by atoms with van der Waals surface area (Å²) >= 11 is 0. The van der Waals surface area contributed by atoms with Gasteiger partial charge in [0, 0.05) is 25.3 Å². The molecule has 53 heavy (non-hydrogen) atoms. The first-order chi connectivity index (χ1) is 25.2. The maximum atomic E-state index is 11.5. The van der Waals surface area contributed by atoms with Crippen LogP contribution in [0.1, 0.15) is 144 Å². The molecule has 10 nitrogen and oxygen atoms in total. The molecule has 0 spiro atoms. The van der Waals surface area contributed by atoms with E-state index in [0.29, 0.717) is 73.8 Å². The SMILES string of the molecule is CCCCOCC(C)(O[O-])c1cc(OCCCC)cc(OCCCC)c1.CCCCOCC(C)(O[O-])c1cc(OCCCC)cc(OCCCC)c1.[Zr+2]. The molecule has 0 aromatic heterocycles. The topological polar surface area (TPSA) is 120 Å². The molecule has 0 saturated carbocycles. The third-order valence-corrected chi connectivity index (χ3v) is 8.46. The van der Waals surface area contributed by atoms with Crippen LogP contribution in [0.4, 0.5) is 0 Å². The monoisotopic (exact) mass is 824 g/mol. The van der Waals surface area contributed by atoms with Gasteiger partial charge in [0.1, 0.15) is 34.2 Å². The molecular weight excluding hydrogens is 756 g/mol. The molecule has 2 aromatic carbocycles. The number of ether oxygens (including phenoxy) is 6. The van der Waals surface area contributed by atoms with Crippen LogP contribution >= 0.6 is 0 Å². The minimum absolute atomic E-state index is 0. The van der Waals surface area contributed by atoms with Gasteiger partial charge in [0.05, 0.1) is 39.6 Å². The van der Waals surface area contributed by atoms with Gasteiger partial charge in [0.2, 0.25) is 0 Å². The Bertz CT molecular complexity index is 1020. The number of hydrogen-bond donors (Lipinski definition) is 0. The second kappa shape index (κ2) is 31.5. The molecule has 11 heteroatoms. The second-order valence-corrected chi connectivity index (χ2v) is 13.6. The minimum Gasteiger partial charge on any atom is -0.723 e. The smallest absolute Gasteiger partial charge is 0.723 e. The first-order valence-corrected chi connectivity index (χ1v) is 19.8. The summed E-state index contributed by atoms with van der Waals surface area (Å²) < 4.78 is 34.7. The predicted molar refractivity (Wildman–Crippen MR) is 203 cm³/mol. The molecule has 0 aliphatic rings. The molecule has 0 amide bonds. The number of rotatable bonds is 30. The van der Waals surface area contributed by atoms with Gasteiger partial charge in [0.25, 0.3) is 0 Å². The molecule has 0 aliphatic carbocycles. The Balaban J connectivity index is 0.00000100. The number of unbranched alkanes of at least 4 members (excludes halogenated alkanes) is 6. The Hall–Kier alpha value is -1.72. The van der Waals surface area contributed by atoms with Gasteiger partial charge in [0.15, 0.2) is 0 Å². The van der Waals surface area contributed by atoms with Crippen LogP contribution < -0.4 is 29.5 Å². The van der Waals surface area contributed by atoms with Crippen LogP contribution in [0.2, 0.25) is 0 Å². The molecular formula is C42H70O10Zr. The van der Waals surface area contributed by atoms with Gasteiger partial charge in [-0.05, 0) is 87.8 Å². The average Bonchev–Trinajstić information content (AvgIpc) is 3.15. The summed E-state index contributed by atoms with van der Waals surface area (Å²) in [6, 6.07) is 11.1. The van der Waals surface area contributed by atoms with Crippen LogP contribution in [0, 0.1) is 0 Å². The van der Waals surface area contributed by atoms with Crippen molar-refractivity contribution in [1.29, 1.82) is 0 Å². The number of benzene rings is 2.